The van der Waals surface area contributed by atoms with Gasteiger partial charge in [0.15, 0.2) is 0 Å². The number of hydrogen-bond donors (Lipinski definition) is 3. The standard InChI is InChI=1S/C16H24N2O3/c1-12(7-10-16(20)21)11-18-15(19)9-8-14(17)13-5-3-2-4-6-13/h2-6,12,14H,7-11,17H2,1H3,(H,18,19)(H,20,21). The number of carboxylic acids is 1. The number of rotatable bonds is 9. The Morgan fingerprint density at radius 3 is 2.48 bits per heavy atom. The van der Waals surface area contributed by atoms with Gasteiger partial charge in [-0.15, -0.1) is 0 Å². The van der Waals surface area contributed by atoms with Crippen LogP contribution in [0.1, 0.15) is 44.2 Å². The van der Waals surface area contributed by atoms with Crippen LogP contribution in [0.3, 0.4) is 0 Å². The maximum absolute atomic E-state index is 11.7. The smallest absolute Gasteiger partial charge is 0.303 e. The predicted octanol–water partition coefficient (Wildman–Crippen LogP) is 2.08. The molecule has 2 atom stereocenters. The lowest BCUT2D eigenvalue weighted by atomic mass is 10.0. The normalized spacial score (nSPS) is 13.4. The Kier molecular flexibility index (Phi) is 7.46. The van der Waals surface area contributed by atoms with Crippen molar-refractivity contribution < 1.29 is 14.7 Å². The summed E-state index contributed by atoms with van der Waals surface area (Å²) < 4.78 is 0. The summed E-state index contributed by atoms with van der Waals surface area (Å²) in [6.07, 6.45) is 1.68. The van der Waals surface area contributed by atoms with Gasteiger partial charge in [-0.1, -0.05) is 37.3 Å². The highest BCUT2D eigenvalue weighted by molar-refractivity contribution is 5.75. The minimum atomic E-state index is -0.804. The molecule has 4 N–H and O–H groups in total. The first-order valence-electron chi connectivity index (χ1n) is 7.28. The first-order valence-corrected chi connectivity index (χ1v) is 7.28. The van der Waals surface area contributed by atoms with Gasteiger partial charge < -0.3 is 16.2 Å². The van der Waals surface area contributed by atoms with Gasteiger partial charge in [-0.25, -0.2) is 0 Å². The van der Waals surface area contributed by atoms with Crippen LogP contribution in [0.4, 0.5) is 0 Å². The fourth-order valence-electron chi connectivity index (χ4n) is 2.00. The number of hydrogen-bond acceptors (Lipinski definition) is 3. The summed E-state index contributed by atoms with van der Waals surface area (Å²) in [7, 11) is 0. The molecule has 0 saturated heterocycles. The van der Waals surface area contributed by atoms with Crippen LogP contribution >= 0.6 is 0 Å². The number of nitrogens with two attached hydrogens (primary N) is 1. The van der Waals surface area contributed by atoms with Gasteiger partial charge in [0, 0.05) is 25.4 Å². The molecule has 1 aromatic rings. The number of carbonyl (C=O) groups excluding carboxylic acids is 1. The van der Waals surface area contributed by atoms with Crippen molar-refractivity contribution >= 4 is 11.9 Å². The zero-order valence-corrected chi connectivity index (χ0v) is 12.4. The molecule has 0 aliphatic rings. The van der Waals surface area contributed by atoms with E-state index in [1.54, 1.807) is 0 Å². The largest absolute Gasteiger partial charge is 0.481 e. The molecule has 0 saturated carbocycles. The lowest BCUT2D eigenvalue weighted by Crippen LogP contribution is -2.29. The van der Waals surface area contributed by atoms with Crippen molar-refractivity contribution in [3.8, 4) is 0 Å². The highest BCUT2D eigenvalue weighted by Gasteiger charge is 2.10. The molecule has 2 unspecified atom stereocenters. The molecule has 0 spiro atoms. The molecule has 0 aliphatic carbocycles. The van der Waals surface area contributed by atoms with E-state index in [1.165, 1.54) is 0 Å². The van der Waals surface area contributed by atoms with Crippen molar-refractivity contribution in [3.63, 3.8) is 0 Å². The van der Waals surface area contributed by atoms with Gasteiger partial charge in [-0.2, -0.15) is 0 Å². The van der Waals surface area contributed by atoms with Crippen LogP contribution in [-0.2, 0) is 9.59 Å². The average molecular weight is 292 g/mol. The van der Waals surface area contributed by atoms with E-state index in [0.717, 1.165) is 5.56 Å². The minimum absolute atomic E-state index is 0.0384. The summed E-state index contributed by atoms with van der Waals surface area (Å²) in [5.41, 5.74) is 7.06. The van der Waals surface area contributed by atoms with Crippen molar-refractivity contribution in [2.45, 2.75) is 38.6 Å². The van der Waals surface area contributed by atoms with Crippen molar-refractivity contribution in [1.82, 2.24) is 5.32 Å². The molecule has 0 aromatic heterocycles. The van der Waals surface area contributed by atoms with Gasteiger partial charge in [0.05, 0.1) is 0 Å². The van der Waals surface area contributed by atoms with E-state index in [4.69, 9.17) is 10.8 Å². The molecule has 0 heterocycles. The maximum atomic E-state index is 11.7. The number of amides is 1. The van der Waals surface area contributed by atoms with E-state index >= 15 is 0 Å². The van der Waals surface area contributed by atoms with E-state index in [9.17, 15) is 9.59 Å². The van der Waals surface area contributed by atoms with Crippen molar-refractivity contribution in [1.29, 1.82) is 0 Å². The molecule has 1 rings (SSSR count). The zero-order chi connectivity index (χ0) is 15.7. The highest BCUT2D eigenvalue weighted by Crippen LogP contribution is 2.14. The summed E-state index contributed by atoms with van der Waals surface area (Å²) in [6.45, 7) is 2.44. The molecule has 116 valence electrons. The summed E-state index contributed by atoms with van der Waals surface area (Å²) in [6, 6.07) is 9.56. The Hall–Kier alpha value is -1.88. The van der Waals surface area contributed by atoms with Gasteiger partial charge in [0.1, 0.15) is 0 Å². The van der Waals surface area contributed by atoms with E-state index in [-0.39, 0.29) is 24.3 Å². The van der Waals surface area contributed by atoms with Crippen molar-refractivity contribution in [3.05, 3.63) is 35.9 Å². The zero-order valence-electron chi connectivity index (χ0n) is 12.4. The van der Waals surface area contributed by atoms with E-state index < -0.39 is 5.97 Å². The molecule has 1 aromatic carbocycles. The van der Waals surface area contributed by atoms with Gasteiger partial charge in [0.25, 0.3) is 0 Å². The van der Waals surface area contributed by atoms with Crippen LogP contribution < -0.4 is 11.1 Å². The summed E-state index contributed by atoms with van der Waals surface area (Å²) >= 11 is 0. The predicted molar refractivity (Wildman–Crippen MR) is 81.6 cm³/mol. The summed E-state index contributed by atoms with van der Waals surface area (Å²) in [5.74, 6) is -0.682. The van der Waals surface area contributed by atoms with E-state index in [2.05, 4.69) is 5.32 Å². The lowest BCUT2D eigenvalue weighted by Gasteiger charge is -2.14. The first-order chi connectivity index (χ1) is 9.99. The third kappa shape index (κ3) is 7.46. The molecule has 5 heteroatoms. The second kappa shape index (κ2) is 9.13. The number of carbonyl (C=O) groups is 2. The third-order valence-corrected chi connectivity index (χ3v) is 3.41. The third-order valence-electron chi connectivity index (χ3n) is 3.41. The van der Waals surface area contributed by atoms with Crippen molar-refractivity contribution in [2.75, 3.05) is 6.54 Å². The number of nitrogens with one attached hydrogen (secondary N) is 1. The molecule has 0 bridgehead atoms. The van der Waals surface area contributed by atoms with Crippen LogP contribution in [0, 0.1) is 5.92 Å². The average Bonchev–Trinajstić information content (AvgIpc) is 2.49. The highest BCUT2D eigenvalue weighted by atomic mass is 16.4. The number of aliphatic carboxylic acids is 1. The SMILES string of the molecule is CC(CCC(=O)O)CNC(=O)CCC(N)c1ccccc1. The molecular formula is C16H24N2O3. The molecular weight excluding hydrogens is 268 g/mol. The quantitative estimate of drug-likeness (QED) is 0.649. The Morgan fingerprint density at radius 2 is 1.86 bits per heavy atom. The van der Waals surface area contributed by atoms with Gasteiger partial charge in [-0.3, -0.25) is 9.59 Å². The summed E-state index contributed by atoms with van der Waals surface area (Å²) in [5, 5.41) is 11.4. The maximum Gasteiger partial charge on any atom is 0.303 e. The first kappa shape index (κ1) is 17.2. The van der Waals surface area contributed by atoms with Gasteiger partial charge in [-0.05, 0) is 24.3 Å². The minimum Gasteiger partial charge on any atom is -0.481 e. The fourth-order valence-corrected chi connectivity index (χ4v) is 2.00. The Morgan fingerprint density at radius 1 is 1.19 bits per heavy atom. The second-order valence-corrected chi connectivity index (χ2v) is 5.40. The summed E-state index contributed by atoms with van der Waals surface area (Å²) in [4.78, 5) is 22.2. The lowest BCUT2D eigenvalue weighted by molar-refractivity contribution is -0.137. The Balaban J connectivity index is 2.20. The monoisotopic (exact) mass is 292 g/mol. The van der Waals surface area contributed by atoms with Gasteiger partial charge >= 0.3 is 5.97 Å². The van der Waals surface area contributed by atoms with Gasteiger partial charge in [0.2, 0.25) is 5.91 Å². The van der Waals surface area contributed by atoms with Crippen LogP contribution in [0.25, 0.3) is 0 Å². The fraction of sp³-hybridized carbons (Fsp3) is 0.500. The van der Waals surface area contributed by atoms with E-state index in [0.29, 0.717) is 25.8 Å². The number of carboxylic acid groups (broad SMARTS) is 1. The van der Waals surface area contributed by atoms with Crippen LogP contribution in [0.2, 0.25) is 0 Å². The molecule has 0 aliphatic heterocycles. The van der Waals surface area contributed by atoms with Crippen LogP contribution in [0.15, 0.2) is 30.3 Å². The topological polar surface area (TPSA) is 92.4 Å². The number of benzene rings is 1. The molecule has 21 heavy (non-hydrogen) atoms. The Bertz CT molecular complexity index is 448. The molecule has 1 amide bonds. The molecule has 0 fully saturated rings. The van der Waals surface area contributed by atoms with Crippen LogP contribution in [-0.4, -0.2) is 23.5 Å². The second-order valence-electron chi connectivity index (χ2n) is 5.40. The Labute approximate surface area is 125 Å². The van der Waals surface area contributed by atoms with Crippen LogP contribution in [0.5, 0.6) is 0 Å². The van der Waals surface area contributed by atoms with E-state index in [1.807, 2.05) is 37.3 Å². The molecule has 5 nitrogen and oxygen atoms in total. The molecule has 0 radical (unpaired) electrons. The van der Waals surface area contributed by atoms with Crippen molar-refractivity contribution in [2.24, 2.45) is 11.7 Å².